The molecule has 0 radical (unpaired) electrons. The predicted molar refractivity (Wildman–Crippen MR) is 211 cm³/mol. The average Bonchev–Trinajstić information content (AvgIpc) is 3.87. The highest BCUT2D eigenvalue weighted by atomic mass is 16.3. The molecule has 0 amide bonds. The number of aromatic nitrogens is 1. The van der Waals surface area contributed by atoms with Crippen molar-refractivity contribution in [3.05, 3.63) is 186 Å². The summed E-state index contributed by atoms with van der Waals surface area (Å²) in [4.78, 5) is 0. The highest BCUT2D eigenvalue weighted by molar-refractivity contribution is 6.07. The highest BCUT2D eigenvalue weighted by Gasteiger charge is 2.51. The van der Waals surface area contributed by atoms with Gasteiger partial charge in [0.25, 0.3) is 0 Å². The molecule has 0 fully saturated rings. The Balaban J connectivity index is 1.06. The van der Waals surface area contributed by atoms with Crippen LogP contribution in [-0.4, -0.2) is 4.57 Å². The third-order valence-corrected chi connectivity index (χ3v) is 11.3. The van der Waals surface area contributed by atoms with Gasteiger partial charge in [-0.1, -0.05) is 121 Å². The summed E-state index contributed by atoms with van der Waals surface area (Å²) in [5, 5.41) is 3.32. The number of fused-ring (bicyclic) bond motifs is 14. The van der Waals surface area contributed by atoms with E-state index < -0.39 is 0 Å². The minimum Gasteiger partial charge on any atom is -0.456 e. The molecule has 0 unspecified atom stereocenters. The zero-order valence-corrected chi connectivity index (χ0v) is 28.0. The van der Waals surface area contributed by atoms with Gasteiger partial charge in [0.05, 0.1) is 16.6 Å². The molecule has 0 saturated heterocycles. The van der Waals surface area contributed by atoms with Crippen molar-refractivity contribution in [3.63, 3.8) is 0 Å². The van der Waals surface area contributed by atoms with Crippen molar-refractivity contribution < 1.29 is 4.42 Å². The van der Waals surface area contributed by atoms with Crippen LogP contribution in [0.3, 0.4) is 0 Å². The predicted octanol–water partition coefficient (Wildman–Crippen LogP) is 12.2. The Hall–Kier alpha value is -6.58. The topological polar surface area (TPSA) is 44.1 Å². The Morgan fingerprint density at radius 2 is 1.14 bits per heavy atom. The van der Waals surface area contributed by atoms with E-state index in [0.29, 0.717) is 0 Å². The molecule has 3 heteroatoms. The molecule has 3 nitrogen and oxygen atoms in total. The Bertz CT molecular complexity index is 2910. The van der Waals surface area contributed by atoms with Crippen molar-refractivity contribution in [1.82, 2.24) is 4.57 Å². The summed E-state index contributed by atoms with van der Waals surface area (Å²) in [5.41, 5.74) is 24.3. The van der Waals surface area contributed by atoms with Crippen LogP contribution in [0.5, 0.6) is 0 Å². The largest absolute Gasteiger partial charge is 0.456 e. The maximum absolute atomic E-state index is 6.77. The molecular weight excluding hydrogens is 621 g/mol. The smallest absolute Gasteiger partial charge is 0.137 e. The summed E-state index contributed by atoms with van der Waals surface area (Å²) in [7, 11) is 0. The number of nitrogen functional groups attached to an aromatic ring is 1. The van der Waals surface area contributed by atoms with Crippen molar-refractivity contribution >= 4 is 44.7 Å². The third kappa shape index (κ3) is 3.62. The number of rotatable bonds is 3. The molecule has 51 heavy (non-hydrogen) atoms. The van der Waals surface area contributed by atoms with Gasteiger partial charge in [0.2, 0.25) is 0 Å². The first kappa shape index (κ1) is 28.3. The molecule has 0 bridgehead atoms. The molecule has 2 aromatic heterocycles. The second-order valence-electron chi connectivity index (χ2n) is 13.8. The van der Waals surface area contributed by atoms with E-state index in [1.165, 1.54) is 55.6 Å². The first-order valence-corrected chi connectivity index (χ1v) is 17.6. The molecule has 7 aromatic carbocycles. The molecule has 0 aliphatic heterocycles. The van der Waals surface area contributed by atoms with Gasteiger partial charge in [0.15, 0.2) is 0 Å². The number of anilines is 1. The third-order valence-electron chi connectivity index (χ3n) is 11.3. The van der Waals surface area contributed by atoms with Crippen LogP contribution >= 0.6 is 0 Å². The van der Waals surface area contributed by atoms with Gasteiger partial charge in [0, 0.05) is 27.8 Å². The number of hydrogen-bond acceptors (Lipinski definition) is 2. The highest BCUT2D eigenvalue weighted by Crippen LogP contribution is 2.63. The Kier molecular flexibility index (Phi) is 5.67. The van der Waals surface area contributed by atoms with E-state index in [2.05, 4.69) is 162 Å². The van der Waals surface area contributed by atoms with E-state index in [9.17, 15) is 0 Å². The van der Waals surface area contributed by atoms with E-state index in [1.807, 2.05) is 13.0 Å². The van der Waals surface area contributed by atoms with Crippen LogP contribution in [0.15, 0.2) is 162 Å². The molecule has 2 aliphatic carbocycles. The van der Waals surface area contributed by atoms with Gasteiger partial charge in [-0.05, 0) is 99.0 Å². The first-order valence-electron chi connectivity index (χ1n) is 17.6. The molecule has 2 heterocycles. The number of nitrogens with two attached hydrogens (primary N) is 1. The number of allylic oxidation sites excluding steroid dienone is 1. The number of hydrogen-bond donors (Lipinski definition) is 1. The van der Waals surface area contributed by atoms with Gasteiger partial charge in [-0.3, -0.25) is 4.57 Å². The fraction of sp³-hybridized carbons (Fsp3) is 0.0417. The Morgan fingerprint density at radius 1 is 0.529 bits per heavy atom. The lowest BCUT2D eigenvalue weighted by molar-refractivity contribution is 0.668. The number of para-hydroxylation sites is 1. The summed E-state index contributed by atoms with van der Waals surface area (Å²) in [5.74, 6) is 0.719. The summed E-state index contributed by atoms with van der Waals surface area (Å²) in [6.07, 6.45) is 4.12. The summed E-state index contributed by atoms with van der Waals surface area (Å²) < 4.78 is 8.62. The van der Waals surface area contributed by atoms with Crippen LogP contribution in [0.25, 0.3) is 78.0 Å². The maximum atomic E-state index is 6.77. The minimum atomic E-state index is -0.331. The van der Waals surface area contributed by atoms with E-state index in [1.54, 1.807) is 0 Å². The standard InChI is InChI=1S/C48H32N2O/c1-2-11-37-35-15-6-10-19-44(35)50(47(37)49)31-22-23-36-39-27-30(21-25-45(39)51-46(36)28-31)29-20-24-43-38(26-29)34-14-5-9-18-42(34)48(43)40-16-7-3-12-32(40)33-13-4-8-17-41(33)48/h2-28H,49H2,1H3/b11-2-. The zero-order valence-electron chi connectivity index (χ0n) is 28.0. The van der Waals surface area contributed by atoms with Crippen LogP contribution in [0.4, 0.5) is 5.82 Å². The summed E-state index contributed by atoms with van der Waals surface area (Å²) in [6, 6.07) is 55.3. The molecule has 9 aromatic rings. The number of nitrogens with zero attached hydrogens (tertiary/aromatic N) is 1. The molecule has 11 rings (SSSR count). The van der Waals surface area contributed by atoms with Crippen LogP contribution in [0.1, 0.15) is 34.7 Å². The Labute approximate surface area is 295 Å². The molecule has 1 spiro atoms. The second kappa shape index (κ2) is 10.2. The molecule has 240 valence electrons. The van der Waals surface area contributed by atoms with Crippen LogP contribution < -0.4 is 5.73 Å². The van der Waals surface area contributed by atoms with Crippen molar-refractivity contribution in [2.24, 2.45) is 0 Å². The average molecular weight is 653 g/mol. The van der Waals surface area contributed by atoms with Crippen LogP contribution in [-0.2, 0) is 5.41 Å². The SMILES string of the molecule is C/C=C\c1c(N)n(-c2ccc3c(c2)oc2ccc(-c4ccc5c(c4)-c4ccccc4C54c5ccccc5-c5ccccc54)cc23)c2ccccc12. The summed E-state index contributed by atoms with van der Waals surface area (Å²) in [6.45, 7) is 2.02. The molecule has 2 aliphatic rings. The van der Waals surface area contributed by atoms with Crippen LogP contribution in [0.2, 0.25) is 0 Å². The lowest BCUT2D eigenvalue weighted by Gasteiger charge is -2.30. The maximum Gasteiger partial charge on any atom is 0.137 e. The van der Waals surface area contributed by atoms with E-state index in [0.717, 1.165) is 49.9 Å². The van der Waals surface area contributed by atoms with Crippen LogP contribution in [0, 0.1) is 0 Å². The zero-order chi connectivity index (χ0) is 33.8. The van der Waals surface area contributed by atoms with Gasteiger partial charge in [0.1, 0.15) is 17.0 Å². The number of benzene rings is 7. The summed E-state index contributed by atoms with van der Waals surface area (Å²) >= 11 is 0. The van der Waals surface area contributed by atoms with Gasteiger partial charge in [-0.15, -0.1) is 0 Å². The lowest BCUT2D eigenvalue weighted by atomic mass is 9.70. The molecular formula is C48H32N2O. The molecule has 0 saturated carbocycles. The van der Waals surface area contributed by atoms with Gasteiger partial charge >= 0.3 is 0 Å². The van der Waals surface area contributed by atoms with Gasteiger partial charge < -0.3 is 10.2 Å². The van der Waals surface area contributed by atoms with Gasteiger partial charge in [-0.25, -0.2) is 0 Å². The number of furan rings is 1. The first-order chi connectivity index (χ1) is 25.2. The van der Waals surface area contributed by atoms with E-state index >= 15 is 0 Å². The van der Waals surface area contributed by atoms with Gasteiger partial charge in [-0.2, -0.15) is 0 Å². The second-order valence-corrected chi connectivity index (χ2v) is 13.8. The van der Waals surface area contributed by atoms with Crippen molar-refractivity contribution in [1.29, 1.82) is 0 Å². The normalized spacial score (nSPS) is 13.7. The Morgan fingerprint density at radius 3 is 1.86 bits per heavy atom. The fourth-order valence-electron chi connectivity index (χ4n) is 9.27. The quantitative estimate of drug-likeness (QED) is 0.206. The molecule has 0 atom stereocenters. The molecule has 2 N–H and O–H groups in total. The minimum absolute atomic E-state index is 0.331. The van der Waals surface area contributed by atoms with Crippen molar-refractivity contribution in [2.45, 2.75) is 12.3 Å². The van der Waals surface area contributed by atoms with Crippen molar-refractivity contribution in [3.8, 4) is 39.1 Å². The lowest BCUT2D eigenvalue weighted by Crippen LogP contribution is -2.25. The van der Waals surface area contributed by atoms with E-state index in [-0.39, 0.29) is 5.41 Å². The monoisotopic (exact) mass is 652 g/mol. The van der Waals surface area contributed by atoms with E-state index in [4.69, 9.17) is 10.2 Å². The van der Waals surface area contributed by atoms with Crippen molar-refractivity contribution in [2.75, 3.05) is 5.73 Å². The fourth-order valence-corrected chi connectivity index (χ4v) is 9.27.